The highest BCUT2D eigenvalue weighted by Gasteiger charge is 2.16. The molecule has 2 nitrogen and oxygen atoms in total. The maximum Gasteiger partial charge on any atom is 0.0710 e. The number of nitrogens with two attached hydrogens (primary N) is 1. The minimum atomic E-state index is -0.0324. The average Bonchev–Trinajstić information content (AvgIpc) is 2.43. The fraction of sp³-hybridized carbons (Fsp3) is 0.333. The molecule has 0 aliphatic rings. The molecular weight excluding hydrogens is 280 g/mol. The van der Waals surface area contributed by atoms with E-state index in [9.17, 15) is 0 Å². The molecule has 1 atom stereocenters. The summed E-state index contributed by atoms with van der Waals surface area (Å²) in [5.74, 6) is 5.77. The first-order valence-corrected chi connectivity index (χ1v) is 7.53. The molecule has 0 spiro atoms. The molecule has 21 heavy (non-hydrogen) atoms. The molecule has 0 saturated heterocycles. The molecule has 0 radical (unpaired) electrons. The zero-order valence-electron chi connectivity index (χ0n) is 13.1. The first kappa shape index (κ1) is 16.0. The van der Waals surface area contributed by atoms with Crippen LogP contribution >= 0.6 is 11.6 Å². The Labute approximate surface area is 132 Å². The van der Waals surface area contributed by atoms with Gasteiger partial charge in [-0.25, -0.2) is 5.43 Å². The Morgan fingerprint density at radius 1 is 1.00 bits per heavy atom. The maximum absolute atomic E-state index is 6.09. The van der Waals surface area contributed by atoms with Crippen LogP contribution < -0.4 is 11.3 Å². The number of aryl methyl sites for hydroxylation is 1. The Bertz CT molecular complexity index is 612. The van der Waals surface area contributed by atoms with Gasteiger partial charge in [-0.1, -0.05) is 68.8 Å². The van der Waals surface area contributed by atoms with Gasteiger partial charge in [-0.3, -0.25) is 5.84 Å². The largest absolute Gasteiger partial charge is 0.271 e. The standard InChI is InChI=1S/C18H23ClN2/c1-12-11-14(7-10-16(12)19)17(21-20)13-5-8-15(9-6-13)18(2,3)4/h5-11,17,21H,20H2,1-4H3. The van der Waals surface area contributed by atoms with Crippen molar-refractivity contribution >= 4 is 11.6 Å². The van der Waals surface area contributed by atoms with Crippen LogP contribution in [0.3, 0.4) is 0 Å². The Balaban J connectivity index is 2.35. The van der Waals surface area contributed by atoms with E-state index in [0.717, 1.165) is 21.7 Å². The molecule has 0 fully saturated rings. The summed E-state index contributed by atoms with van der Waals surface area (Å²) in [6.45, 7) is 8.64. The van der Waals surface area contributed by atoms with Crippen LogP contribution in [0, 0.1) is 6.92 Å². The van der Waals surface area contributed by atoms with Gasteiger partial charge in [0.05, 0.1) is 6.04 Å². The number of halogens is 1. The predicted octanol–water partition coefficient (Wildman–Crippen LogP) is 4.50. The summed E-state index contributed by atoms with van der Waals surface area (Å²) in [5, 5.41) is 0.776. The van der Waals surface area contributed by atoms with E-state index in [1.54, 1.807) is 0 Å². The van der Waals surface area contributed by atoms with Crippen LogP contribution in [0.25, 0.3) is 0 Å². The predicted molar refractivity (Wildman–Crippen MR) is 90.5 cm³/mol. The molecular formula is C18H23ClN2. The van der Waals surface area contributed by atoms with Crippen LogP contribution in [-0.4, -0.2) is 0 Å². The van der Waals surface area contributed by atoms with Gasteiger partial charge < -0.3 is 0 Å². The summed E-state index contributed by atoms with van der Waals surface area (Å²) in [7, 11) is 0. The minimum absolute atomic E-state index is 0.0324. The van der Waals surface area contributed by atoms with Gasteiger partial charge in [-0.15, -0.1) is 0 Å². The van der Waals surface area contributed by atoms with Crippen LogP contribution in [0.4, 0.5) is 0 Å². The van der Waals surface area contributed by atoms with E-state index < -0.39 is 0 Å². The zero-order chi connectivity index (χ0) is 15.6. The number of hydrogen-bond donors (Lipinski definition) is 2. The average molecular weight is 303 g/mol. The van der Waals surface area contributed by atoms with Crippen molar-refractivity contribution in [2.45, 2.75) is 39.2 Å². The number of hydrazine groups is 1. The molecule has 0 aromatic heterocycles. The summed E-state index contributed by atoms with van der Waals surface area (Å²) >= 11 is 6.09. The Hall–Kier alpha value is -1.35. The summed E-state index contributed by atoms with van der Waals surface area (Å²) in [5.41, 5.74) is 7.68. The highest BCUT2D eigenvalue weighted by atomic mass is 35.5. The van der Waals surface area contributed by atoms with Gasteiger partial charge in [-0.05, 0) is 40.7 Å². The Kier molecular flexibility index (Phi) is 4.72. The highest BCUT2D eigenvalue weighted by Crippen LogP contribution is 2.28. The minimum Gasteiger partial charge on any atom is -0.271 e. The van der Waals surface area contributed by atoms with Crippen molar-refractivity contribution in [1.82, 2.24) is 5.43 Å². The van der Waals surface area contributed by atoms with Crippen molar-refractivity contribution in [1.29, 1.82) is 0 Å². The van der Waals surface area contributed by atoms with Crippen molar-refractivity contribution in [3.8, 4) is 0 Å². The first-order chi connectivity index (χ1) is 9.82. The van der Waals surface area contributed by atoms with Gasteiger partial charge in [-0.2, -0.15) is 0 Å². The molecule has 0 heterocycles. The third-order valence-electron chi connectivity index (χ3n) is 3.79. The second kappa shape index (κ2) is 6.18. The molecule has 2 aromatic rings. The highest BCUT2D eigenvalue weighted by molar-refractivity contribution is 6.31. The molecule has 0 saturated carbocycles. The van der Waals surface area contributed by atoms with Gasteiger partial charge in [0.15, 0.2) is 0 Å². The van der Waals surface area contributed by atoms with Crippen LogP contribution in [0.15, 0.2) is 42.5 Å². The molecule has 2 aromatic carbocycles. The van der Waals surface area contributed by atoms with Gasteiger partial charge in [0.25, 0.3) is 0 Å². The monoisotopic (exact) mass is 302 g/mol. The van der Waals surface area contributed by atoms with Crippen LogP contribution in [0.2, 0.25) is 5.02 Å². The molecule has 0 aliphatic carbocycles. The van der Waals surface area contributed by atoms with Crippen LogP contribution in [-0.2, 0) is 5.41 Å². The zero-order valence-corrected chi connectivity index (χ0v) is 13.8. The second-order valence-corrected chi connectivity index (χ2v) is 6.89. The summed E-state index contributed by atoms with van der Waals surface area (Å²) in [6.07, 6.45) is 0. The topological polar surface area (TPSA) is 38.0 Å². The van der Waals surface area contributed by atoms with Crippen LogP contribution in [0.1, 0.15) is 49.1 Å². The lowest BCUT2D eigenvalue weighted by Crippen LogP contribution is -2.29. The Morgan fingerprint density at radius 2 is 1.57 bits per heavy atom. The lowest BCUT2D eigenvalue weighted by Gasteiger charge is -2.22. The van der Waals surface area contributed by atoms with E-state index in [1.165, 1.54) is 5.56 Å². The van der Waals surface area contributed by atoms with E-state index in [4.69, 9.17) is 17.4 Å². The van der Waals surface area contributed by atoms with Crippen LogP contribution in [0.5, 0.6) is 0 Å². The lowest BCUT2D eigenvalue weighted by atomic mass is 9.86. The van der Waals surface area contributed by atoms with Crippen molar-refractivity contribution in [2.75, 3.05) is 0 Å². The number of nitrogens with one attached hydrogen (secondary N) is 1. The molecule has 3 heteroatoms. The molecule has 3 N–H and O–H groups in total. The van der Waals surface area contributed by atoms with Gasteiger partial charge >= 0.3 is 0 Å². The number of hydrogen-bond acceptors (Lipinski definition) is 2. The lowest BCUT2D eigenvalue weighted by molar-refractivity contribution is 0.588. The fourth-order valence-corrected chi connectivity index (χ4v) is 2.53. The van der Waals surface area contributed by atoms with Crippen molar-refractivity contribution < 1.29 is 0 Å². The fourth-order valence-electron chi connectivity index (χ4n) is 2.41. The third-order valence-corrected chi connectivity index (χ3v) is 4.22. The molecule has 112 valence electrons. The third kappa shape index (κ3) is 3.65. The summed E-state index contributed by atoms with van der Waals surface area (Å²) < 4.78 is 0. The summed E-state index contributed by atoms with van der Waals surface area (Å²) in [6, 6.07) is 14.6. The van der Waals surface area contributed by atoms with E-state index in [2.05, 4.69) is 56.5 Å². The molecule has 0 aliphatic heterocycles. The van der Waals surface area contributed by atoms with Gasteiger partial charge in [0, 0.05) is 5.02 Å². The number of rotatable bonds is 3. The van der Waals surface area contributed by atoms with Crippen molar-refractivity contribution in [3.05, 3.63) is 69.7 Å². The SMILES string of the molecule is Cc1cc(C(NN)c2ccc(C(C)(C)C)cc2)ccc1Cl. The van der Waals surface area contributed by atoms with E-state index in [-0.39, 0.29) is 11.5 Å². The first-order valence-electron chi connectivity index (χ1n) is 7.15. The quantitative estimate of drug-likeness (QED) is 0.647. The molecule has 0 amide bonds. The van der Waals surface area contributed by atoms with Crippen molar-refractivity contribution in [3.63, 3.8) is 0 Å². The molecule has 0 bridgehead atoms. The normalized spacial score (nSPS) is 13.2. The maximum atomic E-state index is 6.09. The summed E-state index contributed by atoms with van der Waals surface area (Å²) in [4.78, 5) is 0. The van der Waals surface area contributed by atoms with Crippen molar-refractivity contribution in [2.24, 2.45) is 5.84 Å². The molecule has 1 unspecified atom stereocenters. The van der Waals surface area contributed by atoms with Gasteiger partial charge in [0.2, 0.25) is 0 Å². The van der Waals surface area contributed by atoms with E-state index >= 15 is 0 Å². The van der Waals surface area contributed by atoms with E-state index in [0.29, 0.717) is 0 Å². The molecule has 2 rings (SSSR count). The smallest absolute Gasteiger partial charge is 0.0710 e. The van der Waals surface area contributed by atoms with E-state index in [1.807, 2.05) is 19.1 Å². The van der Waals surface area contributed by atoms with Gasteiger partial charge in [0.1, 0.15) is 0 Å². The number of benzene rings is 2. The second-order valence-electron chi connectivity index (χ2n) is 6.48. The Morgan fingerprint density at radius 3 is 2.05 bits per heavy atom.